The van der Waals surface area contributed by atoms with E-state index in [0.717, 1.165) is 29.8 Å². The van der Waals surface area contributed by atoms with Gasteiger partial charge in [0.25, 0.3) is 0 Å². The number of aryl methyl sites for hydroxylation is 1. The second kappa shape index (κ2) is 7.82. The fraction of sp³-hybridized carbons (Fsp3) is 0.450. The Morgan fingerprint density at radius 2 is 1.96 bits per heavy atom. The average Bonchev–Trinajstić information content (AvgIpc) is 3.00. The van der Waals surface area contributed by atoms with Crippen molar-refractivity contribution < 1.29 is 9.53 Å². The molecule has 3 rings (SSSR count). The first kappa shape index (κ1) is 18.9. The number of hydrogen-bond donors (Lipinski definition) is 1. The molecule has 0 spiro atoms. The van der Waals surface area contributed by atoms with Crippen molar-refractivity contribution in [3.63, 3.8) is 0 Å². The van der Waals surface area contributed by atoms with Crippen LogP contribution in [0.15, 0.2) is 35.5 Å². The lowest BCUT2D eigenvalue weighted by molar-refractivity contribution is -0.139. The number of carbonyl (C=O) groups is 1. The maximum atomic E-state index is 12.9. The van der Waals surface area contributed by atoms with Crippen molar-refractivity contribution in [3.05, 3.63) is 46.9 Å². The van der Waals surface area contributed by atoms with Crippen molar-refractivity contribution in [3.8, 4) is 0 Å². The van der Waals surface area contributed by atoms with E-state index in [0.29, 0.717) is 24.0 Å². The van der Waals surface area contributed by atoms with Gasteiger partial charge in [0.2, 0.25) is 5.95 Å². The van der Waals surface area contributed by atoms with Gasteiger partial charge in [-0.1, -0.05) is 25.5 Å². The van der Waals surface area contributed by atoms with E-state index in [1.165, 1.54) is 0 Å². The zero-order valence-corrected chi connectivity index (χ0v) is 16.6. The smallest absolute Gasteiger partial charge is 0.338 e. The number of nitrogens with zero attached hydrogens (tertiary/aromatic N) is 4. The second-order valence-corrected chi connectivity index (χ2v) is 6.80. The van der Waals surface area contributed by atoms with Gasteiger partial charge in [0.05, 0.1) is 12.2 Å². The molecule has 1 aliphatic heterocycles. The van der Waals surface area contributed by atoms with Crippen LogP contribution in [0.3, 0.4) is 0 Å². The highest BCUT2D eigenvalue weighted by Gasteiger charge is 2.35. The van der Waals surface area contributed by atoms with Crippen LogP contribution in [0.4, 0.5) is 11.6 Å². The van der Waals surface area contributed by atoms with Crippen molar-refractivity contribution in [2.75, 3.05) is 30.9 Å². The molecule has 0 saturated carbocycles. The minimum absolute atomic E-state index is 0.311. The molecule has 0 radical (unpaired) electrons. The molecule has 2 aromatic rings. The van der Waals surface area contributed by atoms with Gasteiger partial charge in [0.1, 0.15) is 11.9 Å². The SMILES string of the molecule is CCCC1=C(C(=O)OCC)C(c2ccc(N(C)C)cc2)n2nc(C)nc2N1. The van der Waals surface area contributed by atoms with Crippen molar-refractivity contribution in [1.82, 2.24) is 14.8 Å². The predicted octanol–water partition coefficient (Wildman–Crippen LogP) is 3.28. The van der Waals surface area contributed by atoms with Crippen LogP contribution in [-0.4, -0.2) is 41.4 Å². The molecule has 1 N–H and O–H groups in total. The maximum absolute atomic E-state index is 12.9. The maximum Gasteiger partial charge on any atom is 0.338 e. The van der Waals surface area contributed by atoms with Gasteiger partial charge in [-0.05, 0) is 38.0 Å². The summed E-state index contributed by atoms with van der Waals surface area (Å²) in [6, 6.07) is 7.80. The topological polar surface area (TPSA) is 72.3 Å². The van der Waals surface area contributed by atoms with E-state index in [9.17, 15) is 4.79 Å². The van der Waals surface area contributed by atoms with Crippen LogP contribution < -0.4 is 10.2 Å². The lowest BCUT2D eigenvalue weighted by Gasteiger charge is -2.29. The van der Waals surface area contributed by atoms with Gasteiger partial charge in [0, 0.05) is 25.5 Å². The number of carbonyl (C=O) groups excluding carboxylic acids is 1. The highest BCUT2D eigenvalue weighted by atomic mass is 16.5. The number of nitrogens with one attached hydrogen (secondary N) is 1. The third-order valence-corrected chi connectivity index (χ3v) is 4.56. The summed E-state index contributed by atoms with van der Waals surface area (Å²) in [7, 11) is 4.00. The molecule has 27 heavy (non-hydrogen) atoms. The highest BCUT2D eigenvalue weighted by Crippen LogP contribution is 2.37. The van der Waals surface area contributed by atoms with Crippen LogP contribution >= 0.6 is 0 Å². The Morgan fingerprint density at radius 1 is 1.26 bits per heavy atom. The van der Waals surface area contributed by atoms with Gasteiger partial charge in [-0.25, -0.2) is 9.48 Å². The molecule has 1 aromatic carbocycles. The van der Waals surface area contributed by atoms with Gasteiger partial charge in [-0.2, -0.15) is 10.1 Å². The van der Waals surface area contributed by atoms with E-state index in [1.807, 2.05) is 57.1 Å². The Bertz CT molecular complexity index is 852. The Balaban J connectivity index is 2.15. The first-order chi connectivity index (χ1) is 13.0. The Morgan fingerprint density at radius 3 is 2.56 bits per heavy atom. The third-order valence-electron chi connectivity index (χ3n) is 4.56. The van der Waals surface area contributed by atoms with Crippen LogP contribution in [0.25, 0.3) is 0 Å². The molecule has 0 saturated heterocycles. The van der Waals surface area contributed by atoms with E-state index in [2.05, 4.69) is 22.3 Å². The standard InChI is InChI=1S/C20H27N5O2/c1-6-8-16-17(19(26)27-7-2)18(25-20(22-16)21-13(3)23-25)14-9-11-15(12-10-14)24(4)5/h9-12,18H,6-8H2,1-5H3,(H,21,22,23). The predicted molar refractivity (Wildman–Crippen MR) is 106 cm³/mol. The number of benzene rings is 1. The average molecular weight is 369 g/mol. The number of aromatic nitrogens is 3. The van der Waals surface area contributed by atoms with Gasteiger partial charge >= 0.3 is 5.97 Å². The first-order valence-electron chi connectivity index (χ1n) is 9.33. The molecule has 0 fully saturated rings. The van der Waals surface area contributed by atoms with Crippen molar-refractivity contribution in [2.24, 2.45) is 0 Å². The van der Waals surface area contributed by atoms with Crippen LogP contribution in [-0.2, 0) is 9.53 Å². The summed E-state index contributed by atoms with van der Waals surface area (Å²) < 4.78 is 7.17. The second-order valence-electron chi connectivity index (χ2n) is 6.80. The number of fused-ring (bicyclic) bond motifs is 1. The lowest BCUT2D eigenvalue weighted by Crippen LogP contribution is -2.30. The number of rotatable bonds is 6. The summed E-state index contributed by atoms with van der Waals surface area (Å²) in [4.78, 5) is 19.4. The zero-order valence-electron chi connectivity index (χ0n) is 16.6. The van der Waals surface area contributed by atoms with Crippen LogP contribution in [0.2, 0.25) is 0 Å². The summed E-state index contributed by atoms with van der Waals surface area (Å²) in [5.74, 6) is 1.01. The quantitative estimate of drug-likeness (QED) is 0.788. The zero-order chi connectivity index (χ0) is 19.6. The van der Waals surface area contributed by atoms with Crippen LogP contribution in [0.5, 0.6) is 0 Å². The normalized spacial score (nSPS) is 16.0. The van der Waals surface area contributed by atoms with E-state index < -0.39 is 0 Å². The lowest BCUT2D eigenvalue weighted by atomic mass is 9.94. The van der Waals surface area contributed by atoms with Crippen molar-refractivity contribution in [1.29, 1.82) is 0 Å². The monoisotopic (exact) mass is 369 g/mol. The number of anilines is 2. The van der Waals surface area contributed by atoms with Crippen molar-refractivity contribution in [2.45, 2.75) is 39.7 Å². The highest BCUT2D eigenvalue weighted by molar-refractivity contribution is 5.92. The fourth-order valence-corrected chi connectivity index (χ4v) is 3.34. The molecule has 7 nitrogen and oxygen atoms in total. The van der Waals surface area contributed by atoms with Gasteiger partial charge in [-0.15, -0.1) is 0 Å². The van der Waals surface area contributed by atoms with Gasteiger partial charge < -0.3 is 15.0 Å². The number of ether oxygens (including phenoxy) is 1. The molecular weight excluding hydrogens is 342 g/mol. The molecule has 1 aliphatic rings. The molecule has 0 amide bonds. The number of esters is 1. The number of allylic oxidation sites excluding steroid dienone is 1. The molecule has 7 heteroatoms. The largest absolute Gasteiger partial charge is 0.463 e. The van der Waals surface area contributed by atoms with Crippen molar-refractivity contribution >= 4 is 17.6 Å². The van der Waals surface area contributed by atoms with E-state index in [-0.39, 0.29) is 12.0 Å². The summed E-state index contributed by atoms with van der Waals surface area (Å²) >= 11 is 0. The fourth-order valence-electron chi connectivity index (χ4n) is 3.34. The summed E-state index contributed by atoms with van der Waals surface area (Å²) in [6.07, 6.45) is 1.65. The van der Waals surface area contributed by atoms with Gasteiger partial charge in [0.15, 0.2) is 0 Å². The molecule has 1 unspecified atom stereocenters. The summed E-state index contributed by atoms with van der Waals surface area (Å²) in [5.41, 5.74) is 3.54. The van der Waals surface area contributed by atoms with Gasteiger partial charge in [-0.3, -0.25) is 0 Å². The Labute approximate surface area is 160 Å². The van der Waals surface area contributed by atoms with E-state index in [1.54, 1.807) is 4.68 Å². The molecule has 0 bridgehead atoms. The first-order valence-corrected chi connectivity index (χ1v) is 9.33. The Hall–Kier alpha value is -2.83. The molecule has 1 atom stereocenters. The minimum atomic E-state index is -0.362. The number of hydrogen-bond acceptors (Lipinski definition) is 6. The minimum Gasteiger partial charge on any atom is -0.463 e. The Kier molecular flexibility index (Phi) is 5.48. The summed E-state index contributed by atoms with van der Waals surface area (Å²) in [6.45, 7) is 6.09. The molecular formula is C20H27N5O2. The van der Waals surface area contributed by atoms with Crippen LogP contribution in [0, 0.1) is 6.92 Å². The molecule has 0 aliphatic carbocycles. The third kappa shape index (κ3) is 3.67. The molecule has 2 heterocycles. The molecule has 1 aromatic heterocycles. The summed E-state index contributed by atoms with van der Waals surface area (Å²) in [5, 5.41) is 7.84. The van der Waals surface area contributed by atoms with Crippen LogP contribution in [0.1, 0.15) is 44.1 Å². The van der Waals surface area contributed by atoms with E-state index in [4.69, 9.17) is 4.74 Å². The molecule has 144 valence electrons. The van der Waals surface area contributed by atoms with E-state index >= 15 is 0 Å².